The predicted octanol–water partition coefficient (Wildman–Crippen LogP) is 0.588. The number of hydrogen-bond donors (Lipinski definition) is 1. The van der Waals surface area contributed by atoms with Gasteiger partial charge in [-0.15, -0.1) is 0 Å². The highest BCUT2D eigenvalue weighted by Crippen LogP contribution is 2.08. The Hall–Kier alpha value is -0.110. The zero-order valence-electron chi connectivity index (χ0n) is 12.6. The minimum atomic E-state index is 0. The number of likely N-dealkylation sites (tertiary alicyclic amines) is 1. The van der Waals surface area contributed by atoms with Crippen molar-refractivity contribution in [3.8, 4) is 0 Å². The molecule has 1 aliphatic heterocycles. The summed E-state index contributed by atoms with van der Waals surface area (Å²) in [5.74, 6) is 0. The lowest BCUT2D eigenvalue weighted by atomic mass is 10.1. The van der Waals surface area contributed by atoms with Crippen LogP contribution in [0.3, 0.4) is 0 Å². The van der Waals surface area contributed by atoms with E-state index in [1.165, 1.54) is 83.7 Å². The Morgan fingerprint density at radius 3 is 2.11 bits per heavy atom. The number of rotatable bonds is 10. The van der Waals surface area contributed by atoms with Gasteiger partial charge in [0.15, 0.2) is 0 Å². The fourth-order valence-electron chi connectivity index (χ4n) is 3.29. The van der Waals surface area contributed by atoms with Crippen LogP contribution in [0.2, 0.25) is 0 Å². The van der Waals surface area contributed by atoms with E-state index in [2.05, 4.69) is 13.8 Å². The van der Waals surface area contributed by atoms with Crippen LogP contribution in [0, 0.1) is 0 Å². The van der Waals surface area contributed by atoms with Crippen molar-refractivity contribution in [2.75, 3.05) is 13.1 Å². The van der Waals surface area contributed by atoms with Gasteiger partial charge in [-0.3, -0.25) is 0 Å². The first kappa shape index (κ1) is 17.9. The van der Waals surface area contributed by atoms with Crippen molar-refractivity contribution in [2.45, 2.75) is 90.5 Å². The highest BCUT2D eigenvalue weighted by molar-refractivity contribution is 4.60. The molecule has 0 spiro atoms. The van der Waals surface area contributed by atoms with Crippen molar-refractivity contribution in [3.63, 3.8) is 0 Å². The predicted molar refractivity (Wildman–Crippen MR) is 76.6 cm³/mol. The molecule has 1 heterocycles. The van der Waals surface area contributed by atoms with Gasteiger partial charge in [-0.25, -0.2) is 0 Å². The molecule has 0 aromatic carbocycles. The van der Waals surface area contributed by atoms with Crippen LogP contribution in [-0.2, 0) is 0 Å². The Kier molecular flexibility index (Phi) is 11.9. The lowest BCUT2D eigenvalue weighted by Gasteiger charge is -2.20. The Morgan fingerprint density at radius 2 is 1.50 bits per heavy atom. The average Bonchev–Trinajstić information content (AvgIpc) is 2.80. The summed E-state index contributed by atoms with van der Waals surface area (Å²) in [6.45, 7) is 7.56. The molecular weight excluding hydrogens is 225 g/mol. The molecule has 1 aliphatic rings. The molecule has 0 aromatic heterocycles. The number of unbranched alkanes of at least 4 members (excludes halogenated alkanes) is 7. The van der Waals surface area contributed by atoms with Crippen LogP contribution in [0.1, 0.15) is 84.5 Å². The maximum absolute atomic E-state index is 2.36. The molecule has 0 amide bonds. The van der Waals surface area contributed by atoms with Crippen LogP contribution >= 0.6 is 0 Å². The van der Waals surface area contributed by atoms with Gasteiger partial charge in [0, 0.05) is 12.8 Å². The van der Waals surface area contributed by atoms with Gasteiger partial charge < -0.3 is 9.60 Å². The van der Waals surface area contributed by atoms with E-state index in [0.29, 0.717) is 0 Å². The first-order valence-electron chi connectivity index (χ1n) is 8.23. The fraction of sp³-hybridized carbons (Fsp3) is 1.00. The topological polar surface area (TPSA) is 4.44 Å². The summed E-state index contributed by atoms with van der Waals surface area (Å²) in [6, 6.07) is 1.000. The standard InChI is InChI=1S/C16H33N.FH/c1-3-5-6-7-8-9-10-11-14-17-15-12-13-16(17)4-2;/h16H,3-15H2,1-2H3;1H. The number of hydrogen-bond acceptors (Lipinski definition) is 0. The highest BCUT2D eigenvalue weighted by Gasteiger charge is 2.25. The smallest absolute Gasteiger partial charge is 0.0874 e. The zero-order chi connectivity index (χ0) is 12.3. The molecule has 18 heavy (non-hydrogen) atoms. The summed E-state index contributed by atoms with van der Waals surface area (Å²) in [5, 5.41) is 0. The van der Waals surface area contributed by atoms with Crippen molar-refractivity contribution in [1.29, 1.82) is 0 Å². The third kappa shape index (κ3) is 7.35. The first-order chi connectivity index (χ1) is 8.38. The SMILES string of the molecule is CCCCCCCCCC[NH+]1CCCC1CC.[F-]. The minimum absolute atomic E-state index is 0. The van der Waals surface area contributed by atoms with Gasteiger partial charge in [-0.1, -0.05) is 52.4 Å². The first-order valence-corrected chi connectivity index (χ1v) is 8.23. The molecule has 1 nitrogen and oxygen atoms in total. The second kappa shape index (κ2) is 12.0. The van der Waals surface area contributed by atoms with Crippen LogP contribution in [0.5, 0.6) is 0 Å². The monoisotopic (exact) mass is 259 g/mol. The lowest BCUT2D eigenvalue weighted by Crippen LogP contribution is -3.13. The second-order valence-corrected chi connectivity index (χ2v) is 5.88. The Morgan fingerprint density at radius 1 is 0.889 bits per heavy atom. The zero-order valence-corrected chi connectivity index (χ0v) is 12.6. The Balaban J connectivity index is 0.00000289. The van der Waals surface area contributed by atoms with E-state index in [9.17, 15) is 0 Å². The minimum Gasteiger partial charge on any atom is -1.00 e. The summed E-state index contributed by atoms with van der Waals surface area (Å²) >= 11 is 0. The Labute approximate surface area is 114 Å². The molecular formula is C16H34FN. The van der Waals surface area contributed by atoms with Gasteiger partial charge in [0.2, 0.25) is 0 Å². The van der Waals surface area contributed by atoms with E-state index in [1.54, 1.807) is 0 Å². The number of quaternary nitrogens is 1. The van der Waals surface area contributed by atoms with E-state index in [-0.39, 0.29) is 4.70 Å². The maximum Gasteiger partial charge on any atom is 0.0874 e. The molecule has 0 saturated carbocycles. The third-order valence-electron chi connectivity index (χ3n) is 4.47. The maximum atomic E-state index is 2.36. The summed E-state index contributed by atoms with van der Waals surface area (Å²) in [7, 11) is 0. The van der Waals surface area contributed by atoms with Crippen LogP contribution in [0.15, 0.2) is 0 Å². The van der Waals surface area contributed by atoms with E-state index in [1.807, 2.05) is 4.90 Å². The quantitative estimate of drug-likeness (QED) is 0.548. The lowest BCUT2D eigenvalue weighted by molar-refractivity contribution is -0.912. The number of nitrogens with one attached hydrogen (secondary N) is 1. The van der Waals surface area contributed by atoms with E-state index in [0.717, 1.165) is 6.04 Å². The van der Waals surface area contributed by atoms with E-state index in [4.69, 9.17) is 0 Å². The molecule has 110 valence electrons. The van der Waals surface area contributed by atoms with Crippen LogP contribution in [0.4, 0.5) is 0 Å². The van der Waals surface area contributed by atoms with E-state index >= 15 is 0 Å². The molecule has 1 saturated heterocycles. The van der Waals surface area contributed by atoms with Crippen molar-refractivity contribution in [1.82, 2.24) is 0 Å². The summed E-state index contributed by atoms with van der Waals surface area (Å²) in [5.41, 5.74) is 0. The van der Waals surface area contributed by atoms with Crippen LogP contribution in [0.25, 0.3) is 0 Å². The molecule has 0 radical (unpaired) electrons. The van der Waals surface area contributed by atoms with Crippen LogP contribution < -0.4 is 9.60 Å². The molecule has 0 aliphatic carbocycles. The fourth-order valence-corrected chi connectivity index (χ4v) is 3.29. The Bertz CT molecular complexity index is 172. The van der Waals surface area contributed by atoms with Gasteiger partial charge >= 0.3 is 0 Å². The average molecular weight is 259 g/mol. The van der Waals surface area contributed by atoms with Crippen molar-refractivity contribution in [3.05, 3.63) is 0 Å². The molecule has 2 atom stereocenters. The molecule has 1 fully saturated rings. The summed E-state index contributed by atoms with van der Waals surface area (Å²) < 4.78 is 0. The van der Waals surface area contributed by atoms with Gasteiger partial charge in [-0.05, 0) is 19.3 Å². The normalized spacial score (nSPS) is 23.0. The molecule has 1 N–H and O–H groups in total. The summed E-state index contributed by atoms with van der Waals surface area (Å²) in [6.07, 6.45) is 16.0. The molecule has 2 heteroatoms. The van der Waals surface area contributed by atoms with Gasteiger partial charge in [0.25, 0.3) is 0 Å². The number of halogens is 1. The van der Waals surface area contributed by atoms with Gasteiger partial charge in [0.05, 0.1) is 19.1 Å². The summed E-state index contributed by atoms with van der Waals surface area (Å²) in [4.78, 5) is 1.92. The van der Waals surface area contributed by atoms with Crippen molar-refractivity contribution in [2.24, 2.45) is 0 Å². The van der Waals surface area contributed by atoms with Gasteiger partial charge in [0.1, 0.15) is 0 Å². The second-order valence-electron chi connectivity index (χ2n) is 5.88. The highest BCUT2D eigenvalue weighted by atomic mass is 19.0. The third-order valence-corrected chi connectivity index (χ3v) is 4.47. The van der Waals surface area contributed by atoms with Crippen LogP contribution in [-0.4, -0.2) is 19.1 Å². The molecule has 0 bridgehead atoms. The van der Waals surface area contributed by atoms with E-state index < -0.39 is 0 Å². The molecule has 2 unspecified atom stereocenters. The largest absolute Gasteiger partial charge is 1.00 e. The van der Waals surface area contributed by atoms with Crippen molar-refractivity contribution < 1.29 is 9.60 Å². The molecule has 1 rings (SSSR count). The van der Waals surface area contributed by atoms with Gasteiger partial charge in [-0.2, -0.15) is 0 Å². The molecule has 0 aromatic rings. The van der Waals surface area contributed by atoms with Crippen molar-refractivity contribution >= 4 is 0 Å².